The summed E-state index contributed by atoms with van der Waals surface area (Å²) in [6, 6.07) is 1.75. The number of aliphatic hydroxyl groups excluding tert-OH is 1. The Kier molecular flexibility index (Phi) is 5.61. The molecule has 0 aliphatic carbocycles. The fraction of sp³-hybridized carbons (Fsp3) is 0.368. The number of carbonyl (C=O) groups is 1. The third kappa shape index (κ3) is 4.10. The second kappa shape index (κ2) is 8.49. The Morgan fingerprint density at radius 1 is 1.50 bits per heavy atom. The Morgan fingerprint density at radius 2 is 2.37 bits per heavy atom. The number of aliphatic hydroxyl groups is 1. The van der Waals surface area contributed by atoms with Gasteiger partial charge in [0.1, 0.15) is 17.9 Å². The van der Waals surface area contributed by atoms with E-state index in [1.54, 1.807) is 29.3 Å². The third-order valence-corrected chi connectivity index (χ3v) is 4.83. The van der Waals surface area contributed by atoms with Gasteiger partial charge in [-0.25, -0.2) is 4.39 Å². The smallest absolute Gasteiger partial charge is 0.246 e. The number of fused-ring (bicyclic) bond motifs is 1. The lowest BCUT2D eigenvalue weighted by Crippen LogP contribution is -2.49. The highest BCUT2D eigenvalue weighted by atomic mass is 19.1. The molecular formula is C19H22FN7O3. The van der Waals surface area contributed by atoms with E-state index in [-0.39, 0.29) is 37.3 Å². The van der Waals surface area contributed by atoms with Crippen LogP contribution in [0.25, 0.3) is 11.0 Å². The van der Waals surface area contributed by atoms with Crippen molar-refractivity contribution >= 4 is 28.6 Å². The van der Waals surface area contributed by atoms with Crippen molar-refractivity contribution in [2.75, 3.05) is 25.0 Å². The Hall–Kier alpha value is -3.47. The van der Waals surface area contributed by atoms with Gasteiger partial charge in [-0.2, -0.15) is 15.1 Å². The zero-order valence-electron chi connectivity index (χ0n) is 16.2. The third-order valence-electron chi connectivity index (χ3n) is 4.83. The number of carbonyl (C=O) groups excluding carboxylic acids is 1. The van der Waals surface area contributed by atoms with Crippen molar-refractivity contribution in [1.29, 1.82) is 0 Å². The molecule has 10 nitrogen and oxygen atoms in total. The van der Waals surface area contributed by atoms with Crippen LogP contribution in [-0.2, 0) is 11.3 Å². The van der Waals surface area contributed by atoms with E-state index >= 15 is 0 Å². The van der Waals surface area contributed by atoms with Crippen LogP contribution < -0.4 is 10.1 Å². The number of nitrogens with one attached hydrogen (secondary N) is 2. The molecule has 4 rings (SSSR count). The molecular weight excluding hydrogens is 393 g/mol. The first-order valence-electron chi connectivity index (χ1n) is 9.55. The van der Waals surface area contributed by atoms with Gasteiger partial charge in [0.2, 0.25) is 17.7 Å². The van der Waals surface area contributed by atoms with Gasteiger partial charge in [0.05, 0.1) is 37.0 Å². The topological polar surface area (TPSA) is 121 Å². The monoisotopic (exact) mass is 415 g/mol. The number of H-pyrrole nitrogens is 1. The molecule has 1 fully saturated rings. The molecule has 1 amide bonds. The van der Waals surface area contributed by atoms with Crippen LogP contribution in [0.15, 0.2) is 37.3 Å². The average Bonchev–Trinajstić information content (AvgIpc) is 3.39. The number of likely N-dealkylation sites (tertiary alicyclic amines) is 1. The number of alkyl halides is 1. The summed E-state index contributed by atoms with van der Waals surface area (Å²) in [6.07, 6.45) is 4.29. The molecule has 3 N–H and O–H groups in total. The van der Waals surface area contributed by atoms with E-state index in [2.05, 4.69) is 31.9 Å². The van der Waals surface area contributed by atoms with Crippen LogP contribution in [0.3, 0.4) is 0 Å². The van der Waals surface area contributed by atoms with Gasteiger partial charge in [0, 0.05) is 18.9 Å². The van der Waals surface area contributed by atoms with E-state index in [9.17, 15) is 9.18 Å². The van der Waals surface area contributed by atoms with Gasteiger partial charge in [-0.15, -0.1) is 0 Å². The summed E-state index contributed by atoms with van der Waals surface area (Å²) in [5.41, 5.74) is 1.15. The van der Waals surface area contributed by atoms with Crippen LogP contribution in [0, 0.1) is 0 Å². The lowest BCUT2D eigenvalue weighted by atomic mass is 10.1. The molecule has 0 saturated carbocycles. The standard InChI is InChI=1S/C19H22FN7O3/c1-2-16(29)26-6-4-14(20)15(11-26)30-18-13-3-5-21-17(13)24-19(25-18)23-12-9-22-27(10-12)7-8-28/h2-3,5,9-10,14-15,28H,1,4,6-8,11H2,(H2,21,23,24,25)/t14-,15+/m1/s1. The Labute approximate surface area is 171 Å². The van der Waals surface area contributed by atoms with Crippen molar-refractivity contribution in [3.8, 4) is 5.88 Å². The number of aromatic nitrogens is 5. The summed E-state index contributed by atoms with van der Waals surface area (Å²) < 4.78 is 22.0. The molecule has 158 valence electrons. The fourth-order valence-corrected chi connectivity index (χ4v) is 3.31. The van der Waals surface area contributed by atoms with Crippen LogP contribution in [0.2, 0.25) is 0 Å². The summed E-state index contributed by atoms with van der Waals surface area (Å²) in [5, 5.41) is 16.8. The zero-order chi connectivity index (χ0) is 21.1. The van der Waals surface area contributed by atoms with E-state index in [1.165, 1.54) is 11.0 Å². The first-order chi connectivity index (χ1) is 14.6. The maximum Gasteiger partial charge on any atom is 0.246 e. The first-order valence-corrected chi connectivity index (χ1v) is 9.55. The van der Waals surface area contributed by atoms with Crippen LogP contribution >= 0.6 is 0 Å². The Balaban J connectivity index is 1.57. The van der Waals surface area contributed by atoms with Crippen molar-refractivity contribution in [2.24, 2.45) is 0 Å². The molecule has 30 heavy (non-hydrogen) atoms. The molecule has 1 saturated heterocycles. The average molecular weight is 415 g/mol. The van der Waals surface area contributed by atoms with Gasteiger partial charge in [-0.05, 0) is 18.6 Å². The number of nitrogens with zero attached hydrogens (tertiary/aromatic N) is 5. The first kappa shape index (κ1) is 19.8. The molecule has 4 heterocycles. The van der Waals surface area contributed by atoms with Gasteiger partial charge >= 0.3 is 0 Å². The van der Waals surface area contributed by atoms with Crippen molar-refractivity contribution in [3.05, 3.63) is 37.3 Å². The molecule has 2 atom stereocenters. The lowest BCUT2D eigenvalue weighted by Gasteiger charge is -2.34. The molecule has 0 unspecified atom stereocenters. The van der Waals surface area contributed by atoms with Crippen molar-refractivity contribution in [1.82, 2.24) is 29.6 Å². The minimum absolute atomic E-state index is 0.0266. The molecule has 1 aliphatic heterocycles. The number of anilines is 2. The Bertz CT molecular complexity index is 1050. The van der Waals surface area contributed by atoms with Gasteiger partial charge in [-0.3, -0.25) is 9.48 Å². The highest BCUT2D eigenvalue weighted by Gasteiger charge is 2.33. The number of amides is 1. The summed E-state index contributed by atoms with van der Waals surface area (Å²) in [4.78, 5) is 25.2. The molecule has 1 aliphatic rings. The molecule has 0 bridgehead atoms. The maximum atomic E-state index is 14.5. The van der Waals surface area contributed by atoms with Gasteiger partial charge in [0.25, 0.3) is 0 Å². The maximum absolute atomic E-state index is 14.5. The fourth-order valence-electron chi connectivity index (χ4n) is 3.31. The predicted molar refractivity (Wildman–Crippen MR) is 107 cm³/mol. The Morgan fingerprint density at radius 3 is 3.17 bits per heavy atom. The van der Waals surface area contributed by atoms with E-state index in [1.807, 2.05) is 0 Å². The molecule has 3 aromatic heterocycles. The minimum Gasteiger partial charge on any atom is -0.469 e. The molecule has 0 radical (unpaired) electrons. The number of ether oxygens (including phenoxy) is 1. The highest BCUT2D eigenvalue weighted by Crippen LogP contribution is 2.28. The van der Waals surface area contributed by atoms with Crippen LogP contribution in [0.1, 0.15) is 6.42 Å². The van der Waals surface area contributed by atoms with Gasteiger partial charge in [-0.1, -0.05) is 6.58 Å². The van der Waals surface area contributed by atoms with Gasteiger partial charge in [0.15, 0.2) is 0 Å². The van der Waals surface area contributed by atoms with Crippen LogP contribution in [0.4, 0.5) is 16.0 Å². The quantitative estimate of drug-likeness (QED) is 0.499. The van der Waals surface area contributed by atoms with Crippen molar-refractivity contribution < 1.29 is 19.0 Å². The number of piperidine rings is 1. The van der Waals surface area contributed by atoms with Crippen LogP contribution in [-0.4, -0.2) is 72.6 Å². The number of hydrogen-bond donors (Lipinski definition) is 3. The number of rotatable bonds is 7. The number of aromatic amines is 1. The summed E-state index contributed by atoms with van der Waals surface area (Å²) >= 11 is 0. The van der Waals surface area contributed by atoms with Crippen LogP contribution in [0.5, 0.6) is 5.88 Å². The summed E-state index contributed by atoms with van der Waals surface area (Å²) in [5.74, 6) is 0.202. The lowest BCUT2D eigenvalue weighted by molar-refractivity contribution is -0.130. The second-order valence-electron chi connectivity index (χ2n) is 6.88. The molecule has 11 heteroatoms. The molecule has 3 aromatic rings. The summed E-state index contributed by atoms with van der Waals surface area (Å²) in [7, 11) is 0. The predicted octanol–water partition coefficient (Wildman–Crippen LogP) is 1.39. The SMILES string of the molecule is C=CC(=O)N1CC[C@@H](F)[C@@H](Oc2nc(Nc3cnn(CCO)c3)nc3[nH]ccc23)C1. The van der Waals surface area contributed by atoms with E-state index in [0.29, 0.717) is 29.8 Å². The van der Waals surface area contributed by atoms with Crippen molar-refractivity contribution in [3.63, 3.8) is 0 Å². The van der Waals surface area contributed by atoms with E-state index in [4.69, 9.17) is 9.84 Å². The number of halogens is 1. The minimum atomic E-state index is -1.23. The zero-order valence-corrected chi connectivity index (χ0v) is 16.2. The second-order valence-corrected chi connectivity index (χ2v) is 6.88. The normalized spacial score (nSPS) is 19.1. The highest BCUT2D eigenvalue weighted by molar-refractivity contribution is 5.87. The van der Waals surface area contributed by atoms with Crippen molar-refractivity contribution in [2.45, 2.75) is 25.2 Å². The number of hydrogen-bond acceptors (Lipinski definition) is 7. The van der Waals surface area contributed by atoms with E-state index in [0.717, 1.165) is 0 Å². The van der Waals surface area contributed by atoms with E-state index < -0.39 is 12.3 Å². The molecule has 0 spiro atoms. The van der Waals surface area contributed by atoms with Gasteiger partial charge < -0.3 is 25.0 Å². The molecule has 0 aromatic carbocycles. The summed E-state index contributed by atoms with van der Waals surface area (Å²) in [6.45, 7) is 4.25. The largest absolute Gasteiger partial charge is 0.469 e.